The molecule has 1 aromatic carbocycles. The third-order valence-corrected chi connectivity index (χ3v) is 6.77. The van der Waals surface area contributed by atoms with Crippen molar-refractivity contribution >= 4 is 10.1 Å². The molecule has 0 bridgehead atoms. The molecule has 0 radical (unpaired) electrons. The number of benzene rings is 1. The van der Waals surface area contributed by atoms with Gasteiger partial charge in [0.15, 0.2) is 0 Å². The molecule has 0 spiro atoms. The van der Waals surface area contributed by atoms with Gasteiger partial charge in [0, 0.05) is 0 Å². The first-order chi connectivity index (χ1) is 9.06. The molecule has 0 amide bonds. The van der Waals surface area contributed by atoms with Crippen LogP contribution in [0.15, 0.2) is 29.2 Å². The number of rotatable bonds is 3. The zero-order valence-corrected chi connectivity index (χ0v) is 11.8. The largest absolute Gasteiger partial charge is 0.297 e. The molecule has 0 unspecified atom stereocenters. The Morgan fingerprint density at radius 3 is 2.32 bits per heavy atom. The lowest BCUT2D eigenvalue weighted by molar-refractivity contribution is -0.222. The van der Waals surface area contributed by atoms with E-state index in [9.17, 15) is 8.42 Å². The van der Waals surface area contributed by atoms with E-state index < -0.39 is 10.1 Å². The molecule has 1 aromatic rings. The quantitative estimate of drug-likeness (QED) is 0.798. The molecule has 3 fully saturated rings. The van der Waals surface area contributed by atoms with E-state index in [1.807, 2.05) is 19.1 Å². The van der Waals surface area contributed by atoms with Crippen molar-refractivity contribution in [1.29, 1.82) is 0 Å². The molecule has 19 heavy (non-hydrogen) atoms. The van der Waals surface area contributed by atoms with E-state index in [-0.39, 0.29) is 11.0 Å². The van der Waals surface area contributed by atoms with Crippen LogP contribution in [0.25, 0.3) is 0 Å². The van der Waals surface area contributed by atoms with Gasteiger partial charge in [0.25, 0.3) is 10.1 Å². The number of hydrogen-bond acceptors (Lipinski definition) is 3. The first-order valence-corrected chi connectivity index (χ1v) is 8.47. The number of hydrogen-bond donors (Lipinski definition) is 0. The Hall–Kier alpha value is -0.870. The van der Waals surface area contributed by atoms with Crippen LogP contribution in [0.5, 0.6) is 0 Å². The second-order valence-electron chi connectivity index (χ2n) is 6.28. The highest BCUT2D eigenvalue weighted by atomic mass is 32.2. The average Bonchev–Trinajstić information content (AvgIpc) is 2.33. The fraction of sp³-hybridized carbons (Fsp3) is 0.600. The van der Waals surface area contributed by atoms with Crippen LogP contribution >= 0.6 is 0 Å². The van der Waals surface area contributed by atoms with Gasteiger partial charge in [0.2, 0.25) is 0 Å². The number of fused-ring (bicyclic) bond motifs is 4. The molecule has 0 aromatic heterocycles. The van der Waals surface area contributed by atoms with Gasteiger partial charge < -0.3 is 0 Å². The third kappa shape index (κ3) is 1.62. The zero-order chi connectivity index (χ0) is 13.2. The monoisotopic (exact) mass is 278 g/mol. The molecule has 3 saturated carbocycles. The summed E-state index contributed by atoms with van der Waals surface area (Å²) in [6.07, 6.45) is 3.51. The van der Waals surface area contributed by atoms with Crippen molar-refractivity contribution in [1.82, 2.24) is 0 Å². The SMILES string of the molecule is Cc1ccc(S(=O)(=O)O[C@@H]2C[C@@H]3[C@@H]4CC[C@H]4[C@H]32)cc1. The summed E-state index contributed by atoms with van der Waals surface area (Å²) in [6, 6.07) is 6.89. The molecule has 5 atom stereocenters. The summed E-state index contributed by atoms with van der Waals surface area (Å²) in [5.41, 5.74) is 1.05. The predicted octanol–water partition coefficient (Wildman–Crippen LogP) is 2.74. The van der Waals surface area contributed by atoms with Gasteiger partial charge in [-0.1, -0.05) is 17.7 Å². The highest BCUT2D eigenvalue weighted by Crippen LogP contribution is 2.67. The van der Waals surface area contributed by atoms with Gasteiger partial charge in [0.05, 0.1) is 11.0 Å². The lowest BCUT2D eigenvalue weighted by Crippen LogP contribution is -2.66. The van der Waals surface area contributed by atoms with Gasteiger partial charge in [-0.15, -0.1) is 0 Å². The molecule has 4 rings (SSSR count). The van der Waals surface area contributed by atoms with Crippen LogP contribution in [0.4, 0.5) is 0 Å². The van der Waals surface area contributed by atoms with Crippen LogP contribution in [-0.2, 0) is 14.3 Å². The Kier molecular flexibility index (Phi) is 2.40. The smallest absolute Gasteiger partial charge is 0.263 e. The second kappa shape index (κ2) is 3.83. The minimum atomic E-state index is -3.58. The lowest BCUT2D eigenvalue weighted by Gasteiger charge is -2.68. The third-order valence-electron chi connectivity index (χ3n) is 5.42. The van der Waals surface area contributed by atoms with E-state index in [0.717, 1.165) is 29.7 Å². The van der Waals surface area contributed by atoms with Crippen molar-refractivity contribution in [2.75, 3.05) is 0 Å². The average molecular weight is 278 g/mol. The van der Waals surface area contributed by atoms with Gasteiger partial charge in [-0.2, -0.15) is 8.42 Å². The van der Waals surface area contributed by atoms with Gasteiger partial charge in [-0.3, -0.25) is 4.18 Å². The minimum Gasteiger partial charge on any atom is -0.263 e. The van der Waals surface area contributed by atoms with Gasteiger partial charge in [0.1, 0.15) is 0 Å². The van der Waals surface area contributed by atoms with Gasteiger partial charge >= 0.3 is 0 Å². The van der Waals surface area contributed by atoms with E-state index >= 15 is 0 Å². The molecule has 4 heteroatoms. The summed E-state index contributed by atoms with van der Waals surface area (Å²) in [6.45, 7) is 1.94. The van der Waals surface area contributed by atoms with Crippen molar-refractivity contribution in [2.24, 2.45) is 23.7 Å². The number of aryl methyl sites for hydroxylation is 1. The van der Waals surface area contributed by atoms with E-state index in [2.05, 4.69) is 0 Å². The predicted molar refractivity (Wildman–Crippen MR) is 71.0 cm³/mol. The summed E-state index contributed by atoms with van der Waals surface area (Å²) in [5.74, 6) is 2.94. The van der Waals surface area contributed by atoms with Gasteiger partial charge in [-0.05, 0) is 62.0 Å². The minimum absolute atomic E-state index is 0.0575. The molecule has 0 N–H and O–H groups in total. The molecule has 3 aliphatic carbocycles. The van der Waals surface area contributed by atoms with Crippen molar-refractivity contribution < 1.29 is 12.6 Å². The van der Waals surface area contributed by atoms with E-state index in [1.54, 1.807) is 12.1 Å². The summed E-state index contributed by atoms with van der Waals surface area (Å²) in [4.78, 5) is 0.283. The normalized spacial score (nSPS) is 39.3. The molecule has 0 saturated heterocycles. The molecule has 0 aliphatic heterocycles. The molecular weight excluding hydrogens is 260 g/mol. The first-order valence-electron chi connectivity index (χ1n) is 7.06. The topological polar surface area (TPSA) is 43.4 Å². The Balaban J connectivity index is 1.49. The van der Waals surface area contributed by atoms with Crippen LogP contribution in [0.1, 0.15) is 24.8 Å². The fourth-order valence-electron chi connectivity index (χ4n) is 4.16. The lowest BCUT2D eigenvalue weighted by atomic mass is 9.38. The van der Waals surface area contributed by atoms with Gasteiger partial charge in [-0.25, -0.2) is 0 Å². The molecule has 0 heterocycles. The first kappa shape index (κ1) is 11.9. The maximum absolute atomic E-state index is 12.2. The standard InChI is InChI=1S/C15H18O3S/c1-9-2-4-10(5-3-9)19(16,17)18-14-8-13-11-6-7-12(11)15(13)14/h2-5,11-15H,6-8H2,1H3/t11-,12-,13-,14-,15-/m1/s1. The van der Waals surface area contributed by atoms with Crippen molar-refractivity contribution in [3.63, 3.8) is 0 Å². The maximum atomic E-state index is 12.2. The summed E-state index contributed by atoms with van der Waals surface area (Å²) in [5, 5.41) is 0. The molecule has 3 nitrogen and oxygen atoms in total. The molecular formula is C15H18O3S. The van der Waals surface area contributed by atoms with Crippen molar-refractivity contribution in [3.8, 4) is 0 Å². The Morgan fingerprint density at radius 2 is 1.74 bits per heavy atom. The van der Waals surface area contributed by atoms with Crippen molar-refractivity contribution in [3.05, 3.63) is 29.8 Å². The highest BCUT2D eigenvalue weighted by molar-refractivity contribution is 7.86. The van der Waals surface area contributed by atoms with E-state index in [0.29, 0.717) is 5.92 Å². The summed E-state index contributed by atoms with van der Waals surface area (Å²) in [7, 11) is -3.58. The Labute approximate surface area is 114 Å². The van der Waals surface area contributed by atoms with Crippen molar-refractivity contribution in [2.45, 2.75) is 37.2 Å². The van der Waals surface area contributed by atoms with Crippen LogP contribution in [-0.4, -0.2) is 14.5 Å². The van der Waals surface area contributed by atoms with Crippen LogP contribution in [0.3, 0.4) is 0 Å². The summed E-state index contributed by atoms with van der Waals surface area (Å²) < 4.78 is 29.9. The van der Waals surface area contributed by atoms with Crippen LogP contribution < -0.4 is 0 Å². The fourth-order valence-corrected chi connectivity index (χ4v) is 5.27. The van der Waals surface area contributed by atoms with E-state index in [1.165, 1.54) is 12.8 Å². The van der Waals surface area contributed by atoms with Crippen LogP contribution in [0, 0.1) is 30.6 Å². The summed E-state index contributed by atoms with van der Waals surface area (Å²) >= 11 is 0. The Morgan fingerprint density at radius 1 is 1.05 bits per heavy atom. The molecule has 3 aliphatic rings. The van der Waals surface area contributed by atoms with E-state index in [4.69, 9.17) is 4.18 Å². The maximum Gasteiger partial charge on any atom is 0.297 e. The highest BCUT2D eigenvalue weighted by Gasteiger charge is 2.65. The second-order valence-corrected chi connectivity index (χ2v) is 7.86. The zero-order valence-electron chi connectivity index (χ0n) is 11.0. The Bertz CT molecular complexity index is 599. The molecule has 102 valence electrons. The van der Waals surface area contributed by atoms with Crippen LogP contribution in [0.2, 0.25) is 0 Å².